The second kappa shape index (κ2) is 9.13. The molecular weight excluding hydrogens is 402 g/mol. The van der Waals surface area contributed by atoms with Crippen LogP contribution >= 0.6 is 23.4 Å². The van der Waals surface area contributed by atoms with Crippen LogP contribution in [0.5, 0.6) is 0 Å². The van der Waals surface area contributed by atoms with Gasteiger partial charge < -0.3 is 4.90 Å². The van der Waals surface area contributed by atoms with Crippen LogP contribution in [0.4, 0.5) is 0 Å². The Morgan fingerprint density at radius 1 is 1.07 bits per heavy atom. The molecule has 0 aromatic heterocycles. The molecule has 4 nitrogen and oxygen atoms in total. The summed E-state index contributed by atoms with van der Waals surface area (Å²) < 4.78 is 25.4. The Kier molecular flexibility index (Phi) is 6.84. The van der Waals surface area contributed by atoms with Gasteiger partial charge in [-0.3, -0.25) is 4.79 Å². The second-order valence-electron chi connectivity index (χ2n) is 6.46. The molecule has 1 atom stereocenters. The molecule has 0 aliphatic carbocycles. The Balaban J connectivity index is 1.61. The SMILES string of the molecule is O=C(CCSc1ccccc1)N1CCC(c2ccccc2Cl)S(=O)(=O)CC1. The molecule has 1 heterocycles. The molecule has 0 radical (unpaired) electrons. The first-order valence-electron chi connectivity index (χ1n) is 8.89. The summed E-state index contributed by atoms with van der Waals surface area (Å²) in [7, 11) is -3.35. The van der Waals surface area contributed by atoms with Crippen LogP contribution < -0.4 is 0 Å². The van der Waals surface area contributed by atoms with Crippen LogP contribution in [0.2, 0.25) is 5.02 Å². The standard InChI is InChI=1S/C20H22ClNO3S2/c21-18-9-5-4-8-17(18)19-10-12-22(13-15-27(19,24)25)20(23)11-14-26-16-6-2-1-3-7-16/h1-9,19H,10-15H2. The molecule has 1 fully saturated rings. The zero-order chi connectivity index (χ0) is 19.3. The number of hydrogen-bond donors (Lipinski definition) is 0. The number of carbonyl (C=O) groups is 1. The molecule has 0 N–H and O–H groups in total. The largest absolute Gasteiger partial charge is 0.342 e. The highest BCUT2D eigenvalue weighted by molar-refractivity contribution is 7.99. The molecule has 0 bridgehead atoms. The molecule has 2 aromatic rings. The monoisotopic (exact) mass is 423 g/mol. The van der Waals surface area contributed by atoms with Crippen LogP contribution in [0.3, 0.4) is 0 Å². The number of nitrogens with zero attached hydrogens (tertiary/aromatic N) is 1. The predicted molar refractivity (Wildman–Crippen MR) is 111 cm³/mol. The van der Waals surface area contributed by atoms with Gasteiger partial charge >= 0.3 is 0 Å². The summed E-state index contributed by atoms with van der Waals surface area (Å²) in [6.45, 7) is 0.683. The van der Waals surface area contributed by atoms with Gasteiger partial charge in [0.2, 0.25) is 5.91 Å². The lowest BCUT2D eigenvalue weighted by atomic mass is 10.1. The minimum atomic E-state index is -3.35. The van der Waals surface area contributed by atoms with Crippen molar-refractivity contribution in [2.45, 2.75) is 23.0 Å². The van der Waals surface area contributed by atoms with Gasteiger partial charge in [0.1, 0.15) is 0 Å². The number of hydrogen-bond acceptors (Lipinski definition) is 4. The summed E-state index contributed by atoms with van der Waals surface area (Å²) in [5.41, 5.74) is 0.632. The lowest BCUT2D eigenvalue weighted by Crippen LogP contribution is -2.33. The smallest absolute Gasteiger partial charge is 0.223 e. The number of rotatable bonds is 5. The summed E-state index contributed by atoms with van der Waals surface area (Å²) in [6.07, 6.45) is 0.778. The van der Waals surface area contributed by atoms with Crippen LogP contribution in [-0.4, -0.2) is 43.8 Å². The zero-order valence-electron chi connectivity index (χ0n) is 14.9. The van der Waals surface area contributed by atoms with E-state index in [-0.39, 0.29) is 18.2 Å². The van der Waals surface area contributed by atoms with E-state index in [1.54, 1.807) is 40.9 Å². The van der Waals surface area contributed by atoms with Crippen molar-refractivity contribution in [1.29, 1.82) is 0 Å². The zero-order valence-corrected chi connectivity index (χ0v) is 17.3. The van der Waals surface area contributed by atoms with E-state index in [4.69, 9.17) is 11.6 Å². The number of sulfone groups is 1. The molecule has 27 heavy (non-hydrogen) atoms. The number of carbonyl (C=O) groups excluding carboxylic acids is 1. The van der Waals surface area contributed by atoms with Gasteiger partial charge in [-0.2, -0.15) is 0 Å². The number of thioether (sulfide) groups is 1. The van der Waals surface area contributed by atoms with Gasteiger partial charge in [-0.15, -0.1) is 11.8 Å². The number of benzene rings is 2. The molecule has 7 heteroatoms. The van der Waals surface area contributed by atoms with Gasteiger partial charge in [0.25, 0.3) is 0 Å². The van der Waals surface area contributed by atoms with Crippen molar-refractivity contribution in [1.82, 2.24) is 4.90 Å². The third-order valence-corrected chi connectivity index (χ3v) is 8.14. The molecule has 1 amide bonds. The Labute approximate surface area is 169 Å². The number of halogens is 1. The van der Waals surface area contributed by atoms with Crippen molar-refractivity contribution in [2.24, 2.45) is 0 Å². The first-order valence-corrected chi connectivity index (χ1v) is 12.0. The Bertz CT molecular complexity index is 887. The summed E-state index contributed by atoms with van der Waals surface area (Å²) in [5.74, 6) is 0.661. The lowest BCUT2D eigenvalue weighted by molar-refractivity contribution is -0.130. The Morgan fingerprint density at radius 2 is 1.78 bits per heavy atom. The van der Waals surface area contributed by atoms with Crippen molar-refractivity contribution >= 4 is 39.1 Å². The number of amides is 1. The minimum absolute atomic E-state index is 0.00781. The van der Waals surface area contributed by atoms with Crippen molar-refractivity contribution < 1.29 is 13.2 Å². The quantitative estimate of drug-likeness (QED) is 0.676. The van der Waals surface area contributed by atoms with E-state index >= 15 is 0 Å². The second-order valence-corrected chi connectivity index (χ2v) is 10.3. The van der Waals surface area contributed by atoms with Crippen LogP contribution in [0, 0.1) is 0 Å². The summed E-state index contributed by atoms with van der Waals surface area (Å²) in [5, 5.41) is -0.187. The molecule has 2 aromatic carbocycles. The maximum Gasteiger partial charge on any atom is 0.223 e. The summed E-state index contributed by atoms with van der Waals surface area (Å²) >= 11 is 7.85. The first kappa shape index (κ1) is 20.2. The molecule has 1 saturated heterocycles. The summed E-state index contributed by atoms with van der Waals surface area (Å²) in [6, 6.07) is 17.0. The molecule has 144 valence electrons. The molecule has 0 saturated carbocycles. The van der Waals surface area contributed by atoms with Crippen LogP contribution in [0.25, 0.3) is 0 Å². The van der Waals surface area contributed by atoms with Gasteiger partial charge in [0.05, 0.1) is 11.0 Å². The maximum atomic E-state index is 12.7. The van der Waals surface area contributed by atoms with Gasteiger partial charge in [-0.25, -0.2) is 8.42 Å². The first-order chi connectivity index (χ1) is 13.0. The lowest BCUT2D eigenvalue weighted by Gasteiger charge is -2.20. The van der Waals surface area contributed by atoms with Crippen LogP contribution in [0.15, 0.2) is 59.5 Å². The highest BCUT2D eigenvalue weighted by Gasteiger charge is 2.33. The fraction of sp³-hybridized carbons (Fsp3) is 0.350. The molecule has 0 spiro atoms. The van der Waals surface area contributed by atoms with E-state index in [1.807, 2.05) is 30.3 Å². The fourth-order valence-electron chi connectivity index (χ4n) is 3.21. The average Bonchev–Trinajstić information content (AvgIpc) is 2.81. The molecule has 1 aliphatic heterocycles. The Hall–Kier alpha value is -1.50. The van der Waals surface area contributed by atoms with Gasteiger partial charge in [-0.1, -0.05) is 48.0 Å². The van der Waals surface area contributed by atoms with E-state index < -0.39 is 15.1 Å². The third kappa shape index (κ3) is 5.27. The normalized spacial score (nSPS) is 19.4. The van der Waals surface area contributed by atoms with E-state index in [1.165, 1.54) is 0 Å². The fourth-order valence-corrected chi connectivity index (χ4v) is 6.22. The third-order valence-electron chi connectivity index (χ3n) is 4.67. The highest BCUT2D eigenvalue weighted by Crippen LogP contribution is 2.34. The highest BCUT2D eigenvalue weighted by atomic mass is 35.5. The van der Waals surface area contributed by atoms with Crippen molar-refractivity contribution in [2.75, 3.05) is 24.6 Å². The molecule has 1 aliphatic rings. The minimum Gasteiger partial charge on any atom is -0.342 e. The van der Waals surface area contributed by atoms with Crippen molar-refractivity contribution in [3.05, 3.63) is 65.2 Å². The van der Waals surface area contributed by atoms with Crippen molar-refractivity contribution in [3.8, 4) is 0 Å². The summed E-state index contributed by atoms with van der Waals surface area (Å²) in [4.78, 5) is 15.4. The van der Waals surface area contributed by atoms with Gasteiger partial charge in [0.15, 0.2) is 9.84 Å². The molecular formula is C20H22ClNO3S2. The van der Waals surface area contributed by atoms with Crippen LogP contribution in [0.1, 0.15) is 23.7 Å². The van der Waals surface area contributed by atoms with E-state index in [0.29, 0.717) is 35.7 Å². The van der Waals surface area contributed by atoms with E-state index in [9.17, 15) is 13.2 Å². The van der Waals surface area contributed by atoms with E-state index in [2.05, 4.69) is 0 Å². The predicted octanol–water partition coefficient (Wildman–Crippen LogP) is 4.21. The van der Waals surface area contributed by atoms with Gasteiger partial charge in [0, 0.05) is 35.2 Å². The van der Waals surface area contributed by atoms with Gasteiger partial charge in [-0.05, 0) is 30.2 Å². The Morgan fingerprint density at radius 3 is 2.52 bits per heavy atom. The van der Waals surface area contributed by atoms with Crippen molar-refractivity contribution in [3.63, 3.8) is 0 Å². The van der Waals surface area contributed by atoms with E-state index in [0.717, 1.165) is 4.90 Å². The molecule has 3 rings (SSSR count). The van der Waals surface area contributed by atoms with Crippen LogP contribution in [-0.2, 0) is 14.6 Å². The maximum absolute atomic E-state index is 12.7. The molecule has 1 unspecified atom stereocenters. The topological polar surface area (TPSA) is 54.5 Å². The average molecular weight is 424 g/mol.